The summed E-state index contributed by atoms with van der Waals surface area (Å²) in [5, 5.41) is 3.24. The maximum Gasteiger partial charge on any atom is 0.255 e. The largest absolute Gasteiger partial charge is 0.369 e. The fourth-order valence-electron chi connectivity index (χ4n) is 3.94. The summed E-state index contributed by atoms with van der Waals surface area (Å²) in [7, 11) is 0. The molecule has 2 heterocycles. The lowest BCUT2D eigenvalue weighted by atomic mass is 9.86. The van der Waals surface area contributed by atoms with Crippen molar-refractivity contribution in [1.29, 1.82) is 0 Å². The summed E-state index contributed by atoms with van der Waals surface area (Å²) in [6, 6.07) is 10.4. The van der Waals surface area contributed by atoms with Crippen molar-refractivity contribution in [2.75, 3.05) is 5.32 Å². The molecular formula is C23H24FN5O2. The van der Waals surface area contributed by atoms with Gasteiger partial charge in [-0.2, -0.15) is 0 Å². The highest BCUT2D eigenvalue weighted by Crippen LogP contribution is 2.27. The molecule has 1 amide bonds. The van der Waals surface area contributed by atoms with Gasteiger partial charge in [-0.15, -0.1) is 0 Å². The average molecular weight is 421 g/mol. The van der Waals surface area contributed by atoms with Crippen molar-refractivity contribution < 1.29 is 9.18 Å². The van der Waals surface area contributed by atoms with Crippen LogP contribution in [0.25, 0.3) is 16.9 Å². The van der Waals surface area contributed by atoms with Crippen molar-refractivity contribution >= 4 is 11.9 Å². The van der Waals surface area contributed by atoms with Crippen LogP contribution >= 0.6 is 0 Å². The highest BCUT2D eigenvalue weighted by molar-refractivity contribution is 5.76. The summed E-state index contributed by atoms with van der Waals surface area (Å²) < 4.78 is 16.1. The Bertz CT molecular complexity index is 1170. The Morgan fingerprint density at radius 3 is 2.71 bits per heavy atom. The second-order valence-corrected chi connectivity index (χ2v) is 7.95. The number of nitrogens with zero attached hydrogens (tertiary/aromatic N) is 3. The van der Waals surface area contributed by atoms with Gasteiger partial charge in [-0.1, -0.05) is 18.2 Å². The zero-order valence-corrected chi connectivity index (χ0v) is 17.2. The van der Waals surface area contributed by atoms with E-state index in [4.69, 9.17) is 5.73 Å². The molecule has 160 valence electrons. The second kappa shape index (κ2) is 8.67. The van der Waals surface area contributed by atoms with Gasteiger partial charge in [-0.3, -0.25) is 14.2 Å². The zero-order valence-electron chi connectivity index (χ0n) is 17.2. The summed E-state index contributed by atoms with van der Waals surface area (Å²) >= 11 is 0. The molecule has 7 nitrogen and oxygen atoms in total. The van der Waals surface area contributed by atoms with Crippen molar-refractivity contribution in [3.8, 4) is 16.9 Å². The lowest BCUT2D eigenvalue weighted by Crippen LogP contribution is -2.32. The Labute approximate surface area is 179 Å². The number of nitrogens with two attached hydrogens (primary N) is 1. The number of amides is 1. The number of carbonyl (C=O) groups excluding carboxylic acids is 1. The van der Waals surface area contributed by atoms with Crippen molar-refractivity contribution in [3.05, 3.63) is 70.5 Å². The molecule has 0 unspecified atom stereocenters. The minimum absolute atomic E-state index is 0.0875. The normalized spacial score (nSPS) is 18.5. The predicted molar refractivity (Wildman–Crippen MR) is 116 cm³/mol. The number of benzene rings is 1. The molecule has 2 aromatic heterocycles. The van der Waals surface area contributed by atoms with Gasteiger partial charge >= 0.3 is 0 Å². The third-order valence-electron chi connectivity index (χ3n) is 5.66. The van der Waals surface area contributed by atoms with Crippen molar-refractivity contribution in [2.45, 2.75) is 38.6 Å². The summed E-state index contributed by atoms with van der Waals surface area (Å²) in [6.07, 6.45) is 5.87. The molecular weight excluding hydrogens is 397 g/mol. The van der Waals surface area contributed by atoms with E-state index >= 15 is 0 Å². The van der Waals surface area contributed by atoms with E-state index in [0.29, 0.717) is 30.0 Å². The topological polar surface area (TPSA) is 103 Å². The second-order valence-electron chi connectivity index (χ2n) is 7.95. The van der Waals surface area contributed by atoms with Crippen LogP contribution < -0.4 is 16.6 Å². The van der Waals surface area contributed by atoms with E-state index in [1.54, 1.807) is 36.5 Å². The molecule has 0 radical (unpaired) electrons. The number of rotatable bonds is 5. The molecule has 31 heavy (non-hydrogen) atoms. The third kappa shape index (κ3) is 4.63. The molecule has 1 aliphatic carbocycles. The maximum absolute atomic E-state index is 14.6. The molecule has 0 spiro atoms. The molecule has 1 aliphatic rings. The van der Waals surface area contributed by atoms with Crippen LogP contribution in [0.1, 0.15) is 31.2 Å². The molecule has 0 aliphatic heterocycles. The van der Waals surface area contributed by atoms with Gasteiger partial charge in [0.25, 0.3) is 5.56 Å². The number of nitrogens with one attached hydrogen (secondary N) is 1. The van der Waals surface area contributed by atoms with E-state index in [1.807, 2.05) is 6.92 Å². The van der Waals surface area contributed by atoms with Crippen LogP contribution in [-0.2, 0) is 4.79 Å². The number of pyridine rings is 1. The smallest absolute Gasteiger partial charge is 0.255 e. The molecule has 1 saturated carbocycles. The van der Waals surface area contributed by atoms with E-state index in [2.05, 4.69) is 15.3 Å². The Morgan fingerprint density at radius 1 is 1.19 bits per heavy atom. The van der Waals surface area contributed by atoms with Crippen LogP contribution in [0, 0.1) is 18.7 Å². The minimum atomic E-state index is -0.545. The fraction of sp³-hybridized carbons (Fsp3) is 0.304. The molecule has 4 rings (SSSR count). The van der Waals surface area contributed by atoms with Gasteiger partial charge in [-0.05, 0) is 50.3 Å². The number of anilines is 1. The maximum atomic E-state index is 14.6. The first kappa shape index (κ1) is 20.7. The monoisotopic (exact) mass is 421 g/mol. The van der Waals surface area contributed by atoms with E-state index in [0.717, 1.165) is 24.6 Å². The summed E-state index contributed by atoms with van der Waals surface area (Å²) in [6.45, 7) is 1.90. The molecule has 8 heteroatoms. The van der Waals surface area contributed by atoms with Crippen LogP contribution in [0.5, 0.6) is 0 Å². The predicted octanol–water partition coefficient (Wildman–Crippen LogP) is 3.20. The van der Waals surface area contributed by atoms with Crippen LogP contribution in [-0.4, -0.2) is 26.5 Å². The Morgan fingerprint density at radius 2 is 1.97 bits per heavy atom. The third-order valence-corrected chi connectivity index (χ3v) is 5.66. The van der Waals surface area contributed by atoms with Gasteiger partial charge < -0.3 is 11.1 Å². The van der Waals surface area contributed by atoms with Gasteiger partial charge in [0.15, 0.2) is 5.82 Å². The molecule has 3 aromatic rings. The Kier molecular flexibility index (Phi) is 5.79. The molecule has 3 N–H and O–H groups in total. The zero-order chi connectivity index (χ0) is 22.0. The standard InChI is InChI=1S/C23H24FN5O2/c1-14-5-10-20(30)29(13-14)18-4-2-3-16(11-18)21-19(24)12-26-23(28-21)27-17-8-6-15(7-9-17)22(25)31/h2-5,10-13,15,17H,6-9H2,1H3,(H2,25,31)(H,26,27,28)/t15-,17-. The van der Waals surface area contributed by atoms with E-state index < -0.39 is 5.82 Å². The first-order valence-electron chi connectivity index (χ1n) is 10.3. The van der Waals surface area contributed by atoms with Crippen LogP contribution in [0.3, 0.4) is 0 Å². The highest BCUT2D eigenvalue weighted by atomic mass is 19.1. The number of aryl methyl sites for hydroxylation is 1. The SMILES string of the molecule is Cc1ccc(=O)n(-c2cccc(-c3nc(N[C@H]4CC[C@H](C(N)=O)CC4)ncc3F)c2)c1. The highest BCUT2D eigenvalue weighted by Gasteiger charge is 2.25. The molecule has 1 aromatic carbocycles. The number of hydrogen-bond donors (Lipinski definition) is 2. The lowest BCUT2D eigenvalue weighted by Gasteiger charge is -2.27. The van der Waals surface area contributed by atoms with Gasteiger partial charge in [0.2, 0.25) is 11.9 Å². The van der Waals surface area contributed by atoms with Crippen LogP contribution in [0.2, 0.25) is 0 Å². The van der Waals surface area contributed by atoms with Gasteiger partial charge in [-0.25, -0.2) is 14.4 Å². The molecule has 0 bridgehead atoms. The van der Waals surface area contributed by atoms with Crippen molar-refractivity contribution in [1.82, 2.24) is 14.5 Å². The fourth-order valence-corrected chi connectivity index (χ4v) is 3.94. The summed E-state index contributed by atoms with van der Waals surface area (Å²) in [5.41, 5.74) is 7.50. The van der Waals surface area contributed by atoms with E-state index in [1.165, 1.54) is 10.6 Å². The average Bonchev–Trinajstić information content (AvgIpc) is 2.77. The summed E-state index contributed by atoms with van der Waals surface area (Å²) in [4.78, 5) is 32.1. The van der Waals surface area contributed by atoms with E-state index in [-0.39, 0.29) is 29.1 Å². The number of primary amides is 1. The molecule has 0 atom stereocenters. The van der Waals surface area contributed by atoms with Gasteiger partial charge in [0.1, 0.15) is 5.69 Å². The number of hydrogen-bond acceptors (Lipinski definition) is 5. The quantitative estimate of drug-likeness (QED) is 0.659. The summed E-state index contributed by atoms with van der Waals surface area (Å²) in [5.74, 6) is -0.560. The van der Waals surface area contributed by atoms with Crippen molar-refractivity contribution in [3.63, 3.8) is 0 Å². The number of aromatic nitrogens is 3. The van der Waals surface area contributed by atoms with Gasteiger partial charge in [0, 0.05) is 35.5 Å². The van der Waals surface area contributed by atoms with Gasteiger partial charge in [0.05, 0.1) is 6.20 Å². The number of carbonyl (C=O) groups is 1. The Balaban J connectivity index is 1.59. The Hall–Kier alpha value is -3.55. The van der Waals surface area contributed by atoms with Crippen LogP contribution in [0.4, 0.5) is 10.3 Å². The number of halogens is 1. The van der Waals surface area contributed by atoms with Crippen molar-refractivity contribution in [2.24, 2.45) is 11.7 Å². The minimum Gasteiger partial charge on any atom is -0.369 e. The first-order chi connectivity index (χ1) is 14.9. The van der Waals surface area contributed by atoms with E-state index in [9.17, 15) is 14.0 Å². The van der Waals surface area contributed by atoms with Crippen LogP contribution in [0.15, 0.2) is 53.6 Å². The molecule has 0 saturated heterocycles. The first-order valence-corrected chi connectivity index (χ1v) is 10.3. The molecule has 1 fully saturated rings. The lowest BCUT2D eigenvalue weighted by molar-refractivity contribution is -0.122.